The minimum absolute atomic E-state index is 0.283. The van der Waals surface area contributed by atoms with Crippen LogP contribution in [0.25, 0.3) is 0 Å². The number of ether oxygens (including phenoxy) is 2. The topological polar surface area (TPSA) is 35.5 Å². The van der Waals surface area contributed by atoms with Gasteiger partial charge in [-0.1, -0.05) is 0 Å². The monoisotopic (exact) mass is 432 g/mol. The molecular weight excluding hydrogens is 422 g/mol. The molecule has 0 aliphatic rings. The Labute approximate surface area is 116 Å². The van der Waals surface area contributed by atoms with Crippen molar-refractivity contribution in [2.24, 2.45) is 0 Å². The van der Waals surface area contributed by atoms with Crippen LogP contribution in [0.5, 0.6) is 5.75 Å². The standard InChI is InChI=1S/C10H10I2O3/c1-3-15-10(13)9-7(11)4-6(14-2)5-8(9)12/h4-5H,3H2,1-2H3. The Balaban J connectivity index is 3.13. The maximum absolute atomic E-state index is 11.6. The fourth-order valence-corrected chi connectivity index (χ4v) is 3.22. The van der Waals surface area contributed by atoms with Crippen molar-refractivity contribution < 1.29 is 14.3 Å². The number of rotatable bonds is 3. The third-order valence-electron chi connectivity index (χ3n) is 1.73. The van der Waals surface area contributed by atoms with E-state index in [-0.39, 0.29) is 5.97 Å². The zero-order valence-corrected chi connectivity index (χ0v) is 12.7. The normalized spacial score (nSPS) is 9.87. The third-order valence-corrected chi connectivity index (χ3v) is 3.43. The molecule has 5 heteroatoms. The number of hydrogen-bond donors (Lipinski definition) is 0. The van der Waals surface area contributed by atoms with E-state index in [0.717, 1.165) is 12.9 Å². The van der Waals surface area contributed by atoms with Crippen LogP contribution in [0, 0.1) is 7.14 Å². The first-order valence-electron chi connectivity index (χ1n) is 4.30. The molecule has 0 aromatic heterocycles. The fraction of sp³-hybridized carbons (Fsp3) is 0.300. The number of carbonyl (C=O) groups excluding carboxylic acids is 1. The van der Waals surface area contributed by atoms with E-state index in [9.17, 15) is 4.79 Å². The molecule has 0 atom stereocenters. The minimum atomic E-state index is -0.283. The van der Waals surface area contributed by atoms with Gasteiger partial charge in [-0.3, -0.25) is 0 Å². The second-order valence-electron chi connectivity index (χ2n) is 2.69. The summed E-state index contributed by atoms with van der Waals surface area (Å²) >= 11 is 4.21. The van der Waals surface area contributed by atoms with E-state index < -0.39 is 0 Å². The molecule has 0 amide bonds. The highest BCUT2D eigenvalue weighted by Crippen LogP contribution is 2.26. The molecule has 15 heavy (non-hydrogen) atoms. The lowest BCUT2D eigenvalue weighted by Crippen LogP contribution is -2.09. The molecule has 0 heterocycles. The van der Waals surface area contributed by atoms with E-state index in [1.807, 2.05) is 12.1 Å². The molecule has 0 saturated carbocycles. The second kappa shape index (κ2) is 5.88. The number of halogens is 2. The van der Waals surface area contributed by atoms with Crippen LogP contribution < -0.4 is 4.74 Å². The highest BCUT2D eigenvalue weighted by molar-refractivity contribution is 14.1. The van der Waals surface area contributed by atoms with Gasteiger partial charge in [-0.25, -0.2) is 4.79 Å². The molecule has 0 aliphatic carbocycles. The van der Waals surface area contributed by atoms with Crippen molar-refractivity contribution in [3.8, 4) is 5.75 Å². The molecule has 0 aliphatic heterocycles. The molecule has 0 fully saturated rings. The second-order valence-corrected chi connectivity index (χ2v) is 5.01. The highest BCUT2D eigenvalue weighted by atomic mass is 127. The zero-order valence-electron chi connectivity index (χ0n) is 8.34. The Bertz CT molecular complexity index is 354. The first-order valence-corrected chi connectivity index (χ1v) is 6.46. The third kappa shape index (κ3) is 3.20. The van der Waals surface area contributed by atoms with Crippen molar-refractivity contribution >= 4 is 51.2 Å². The predicted octanol–water partition coefficient (Wildman–Crippen LogP) is 3.08. The summed E-state index contributed by atoms with van der Waals surface area (Å²) in [6.45, 7) is 2.18. The quantitative estimate of drug-likeness (QED) is 0.545. The molecule has 0 N–H and O–H groups in total. The summed E-state index contributed by atoms with van der Waals surface area (Å²) in [4.78, 5) is 11.6. The van der Waals surface area contributed by atoms with Gasteiger partial charge in [0, 0.05) is 7.14 Å². The Morgan fingerprint density at radius 3 is 2.27 bits per heavy atom. The fourth-order valence-electron chi connectivity index (χ4n) is 1.07. The number of carbonyl (C=O) groups is 1. The summed E-state index contributed by atoms with van der Waals surface area (Å²) in [5.74, 6) is 0.464. The predicted molar refractivity (Wildman–Crippen MR) is 74.4 cm³/mol. The lowest BCUT2D eigenvalue weighted by Gasteiger charge is -2.08. The van der Waals surface area contributed by atoms with Crippen LogP contribution in [0.3, 0.4) is 0 Å². The van der Waals surface area contributed by atoms with Crippen molar-refractivity contribution in [1.29, 1.82) is 0 Å². The van der Waals surface area contributed by atoms with Gasteiger partial charge >= 0.3 is 5.97 Å². The van der Waals surface area contributed by atoms with Crippen molar-refractivity contribution in [3.63, 3.8) is 0 Å². The molecule has 0 bridgehead atoms. The Morgan fingerprint density at radius 1 is 1.33 bits per heavy atom. The van der Waals surface area contributed by atoms with Crippen LogP contribution in [0.1, 0.15) is 17.3 Å². The van der Waals surface area contributed by atoms with Gasteiger partial charge in [0.05, 0.1) is 19.3 Å². The summed E-state index contributed by atoms with van der Waals surface area (Å²) in [5, 5.41) is 0. The Hall–Kier alpha value is -0.0500. The molecule has 0 unspecified atom stereocenters. The summed E-state index contributed by atoms with van der Waals surface area (Å²) in [7, 11) is 1.60. The highest BCUT2D eigenvalue weighted by Gasteiger charge is 2.16. The van der Waals surface area contributed by atoms with E-state index in [1.165, 1.54) is 0 Å². The average Bonchev–Trinajstić information content (AvgIpc) is 2.16. The van der Waals surface area contributed by atoms with Gasteiger partial charge in [0.2, 0.25) is 0 Å². The largest absolute Gasteiger partial charge is 0.497 e. The van der Waals surface area contributed by atoms with Gasteiger partial charge in [0.1, 0.15) is 5.75 Å². The molecule has 0 radical (unpaired) electrons. The van der Waals surface area contributed by atoms with E-state index in [1.54, 1.807) is 14.0 Å². The smallest absolute Gasteiger partial charge is 0.340 e. The van der Waals surface area contributed by atoms with E-state index in [2.05, 4.69) is 45.2 Å². The van der Waals surface area contributed by atoms with Crippen LogP contribution >= 0.6 is 45.2 Å². The van der Waals surface area contributed by atoms with Crippen LogP contribution in [0.4, 0.5) is 0 Å². The van der Waals surface area contributed by atoms with Crippen LogP contribution in [-0.2, 0) is 4.74 Å². The molecule has 1 rings (SSSR count). The van der Waals surface area contributed by atoms with Crippen molar-refractivity contribution in [3.05, 3.63) is 24.8 Å². The number of esters is 1. The molecule has 0 saturated heterocycles. The van der Waals surface area contributed by atoms with Crippen molar-refractivity contribution in [2.75, 3.05) is 13.7 Å². The summed E-state index contributed by atoms with van der Waals surface area (Å²) < 4.78 is 11.8. The molecule has 82 valence electrons. The molecule has 1 aromatic carbocycles. The maximum atomic E-state index is 11.6. The first-order chi connectivity index (χ1) is 7.10. The summed E-state index contributed by atoms with van der Waals surface area (Å²) in [6, 6.07) is 3.63. The Kier molecular flexibility index (Phi) is 5.10. The van der Waals surface area contributed by atoms with Crippen molar-refractivity contribution in [2.45, 2.75) is 6.92 Å². The SMILES string of the molecule is CCOC(=O)c1c(I)cc(OC)cc1I. The molecule has 3 nitrogen and oxygen atoms in total. The Morgan fingerprint density at radius 2 is 1.87 bits per heavy atom. The zero-order chi connectivity index (χ0) is 11.4. The van der Waals surface area contributed by atoms with Gasteiger partial charge < -0.3 is 9.47 Å². The molecule has 0 spiro atoms. The van der Waals surface area contributed by atoms with Gasteiger partial charge in [-0.2, -0.15) is 0 Å². The average molecular weight is 432 g/mol. The number of methoxy groups -OCH3 is 1. The molecule has 1 aromatic rings. The van der Waals surface area contributed by atoms with Gasteiger partial charge in [-0.05, 0) is 64.2 Å². The van der Waals surface area contributed by atoms with E-state index >= 15 is 0 Å². The summed E-state index contributed by atoms with van der Waals surface area (Å²) in [6.07, 6.45) is 0. The van der Waals surface area contributed by atoms with Crippen LogP contribution in [0.2, 0.25) is 0 Å². The van der Waals surface area contributed by atoms with Gasteiger partial charge in [0.25, 0.3) is 0 Å². The summed E-state index contributed by atoms with van der Waals surface area (Å²) in [5.41, 5.74) is 0.610. The van der Waals surface area contributed by atoms with E-state index in [4.69, 9.17) is 9.47 Å². The number of benzene rings is 1. The van der Waals surface area contributed by atoms with Gasteiger partial charge in [0.15, 0.2) is 0 Å². The lowest BCUT2D eigenvalue weighted by atomic mass is 10.2. The van der Waals surface area contributed by atoms with Crippen LogP contribution in [0.15, 0.2) is 12.1 Å². The van der Waals surface area contributed by atoms with Crippen molar-refractivity contribution in [1.82, 2.24) is 0 Å². The lowest BCUT2D eigenvalue weighted by molar-refractivity contribution is 0.0524. The molecular formula is C10H10I2O3. The van der Waals surface area contributed by atoms with Crippen LogP contribution in [-0.4, -0.2) is 19.7 Å². The van der Waals surface area contributed by atoms with E-state index in [0.29, 0.717) is 12.2 Å². The minimum Gasteiger partial charge on any atom is -0.497 e. The number of hydrogen-bond acceptors (Lipinski definition) is 3. The van der Waals surface area contributed by atoms with Gasteiger partial charge in [-0.15, -0.1) is 0 Å². The maximum Gasteiger partial charge on any atom is 0.340 e. The first kappa shape index (κ1) is 13.0.